The predicted molar refractivity (Wildman–Crippen MR) is 45.3 cm³/mol. The van der Waals surface area contributed by atoms with Crippen molar-refractivity contribution in [1.82, 2.24) is 9.78 Å². The van der Waals surface area contributed by atoms with E-state index in [1.54, 1.807) is 24.1 Å². The van der Waals surface area contributed by atoms with Crippen molar-refractivity contribution in [3.05, 3.63) is 23.4 Å². The van der Waals surface area contributed by atoms with Crippen molar-refractivity contribution >= 4 is 16.1 Å². The standard InChI is InChI=1S/C6H9N3O2S/c1-9-5-6(4-8-9)2-3-12(7,10)11/h2-5H,1H3,(H2,7,10,11)/b3-2+. The minimum atomic E-state index is -3.53. The molecule has 5 nitrogen and oxygen atoms in total. The summed E-state index contributed by atoms with van der Waals surface area (Å²) in [6.07, 6.45) is 4.62. The minimum absolute atomic E-state index is 0.700. The average molecular weight is 187 g/mol. The van der Waals surface area contributed by atoms with Gasteiger partial charge in [-0.3, -0.25) is 4.68 Å². The Morgan fingerprint density at radius 1 is 1.67 bits per heavy atom. The first-order valence-corrected chi connectivity index (χ1v) is 4.78. The first kappa shape index (κ1) is 8.95. The summed E-state index contributed by atoms with van der Waals surface area (Å²) in [5.74, 6) is 0. The van der Waals surface area contributed by atoms with Gasteiger partial charge in [0.1, 0.15) is 0 Å². The van der Waals surface area contributed by atoms with Crippen molar-refractivity contribution in [1.29, 1.82) is 0 Å². The molecular weight excluding hydrogens is 178 g/mol. The van der Waals surface area contributed by atoms with Gasteiger partial charge >= 0.3 is 0 Å². The van der Waals surface area contributed by atoms with Gasteiger partial charge in [-0.2, -0.15) is 5.10 Å². The van der Waals surface area contributed by atoms with Gasteiger partial charge in [-0.1, -0.05) is 0 Å². The highest BCUT2D eigenvalue weighted by Crippen LogP contribution is 1.99. The third-order valence-corrected chi connectivity index (χ3v) is 1.69. The Kier molecular flexibility index (Phi) is 2.30. The van der Waals surface area contributed by atoms with Crippen molar-refractivity contribution in [2.45, 2.75) is 0 Å². The normalized spacial score (nSPS) is 12.5. The largest absolute Gasteiger partial charge is 0.275 e. The molecule has 0 bridgehead atoms. The second-order valence-corrected chi connectivity index (χ2v) is 3.79. The van der Waals surface area contributed by atoms with Crippen LogP contribution in [0, 0.1) is 0 Å². The number of hydrogen-bond acceptors (Lipinski definition) is 3. The molecule has 0 atom stereocenters. The van der Waals surface area contributed by atoms with Gasteiger partial charge in [0, 0.05) is 24.2 Å². The van der Waals surface area contributed by atoms with E-state index in [2.05, 4.69) is 5.10 Å². The maximum Gasteiger partial charge on any atom is 0.231 e. The van der Waals surface area contributed by atoms with E-state index in [4.69, 9.17) is 5.14 Å². The zero-order chi connectivity index (χ0) is 9.19. The molecule has 2 N–H and O–H groups in total. The van der Waals surface area contributed by atoms with Gasteiger partial charge < -0.3 is 0 Å². The fourth-order valence-corrected chi connectivity index (χ4v) is 1.05. The molecule has 0 fully saturated rings. The summed E-state index contributed by atoms with van der Waals surface area (Å²) in [5, 5.41) is 9.53. The Balaban J connectivity index is 2.84. The number of aryl methyl sites for hydroxylation is 1. The lowest BCUT2D eigenvalue weighted by Crippen LogP contribution is -2.06. The van der Waals surface area contributed by atoms with E-state index in [0.717, 1.165) is 5.41 Å². The number of sulfonamides is 1. The molecule has 0 saturated carbocycles. The Labute approximate surface area is 70.5 Å². The fraction of sp³-hybridized carbons (Fsp3) is 0.167. The van der Waals surface area contributed by atoms with Gasteiger partial charge in [0.25, 0.3) is 0 Å². The van der Waals surface area contributed by atoms with Crippen LogP contribution in [0.15, 0.2) is 17.8 Å². The summed E-state index contributed by atoms with van der Waals surface area (Å²) in [7, 11) is -1.79. The first-order chi connectivity index (χ1) is 5.47. The molecule has 1 heterocycles. The highest BCUT2D eigenvalue weighted by atomic mass is 32.2. The van der Waals surface area contributed by atoms with Gasteiger partial charge in [0.2, 0.25) is 10.0 Å². The molecule has 0 saturated heterocycles. The van der Waals surface area contributed by atoms with Crippen molar-refractivity contribution in [2.24, 2.45) is 12.2 Å². The topological polar surface area (TPSA) is 78.0 Å². The number of nitrogens with two attached hydrogens (primary N) is 1. The van der Waals surface area contributed by atoms with Crippen LogP contribution in [0.4, 0.5) is 0 Å². The van der Waals surface area contributed by atoms with E-state index in [9.17, 15) is 8.42 Å². The number of aromatic nitrogens is 2. The molecule has 1 aromatic heterocycles. The Hall–Kier alpha value is -1.14. The molecule has 0 radical (unpaired) electrons. The molecule has 12 heavy (non-hydrogen) atoms. The average Bonchev–Trinajstić information content (AvgIpc) is 2.30. The van der Waals surface area contributed by atoms with Crippen LogP contribution in [-0.2, 0) is 17.1 Å². The van der Waals surface area contributed by atoms with Crippen LogP contribution in [0.2, 0.25) is 0 Å². The summed E-state index contributed by atoms with van der Waals surface area (Å²) in [6, 6.07) is 0. The van der Waals surface area contributed by atoms with Crippen molar-refractivity contribution < 1.29 is 8.42 Å². The molecule has 0 aliphatic heterocycles. The predicted octanol–water partition coefficient (Wildman–Crippen LogP) is -0.321. The number of nitrogens with zero attached hydrogens (tertiary/aromatic N) is 2. The molecule has 1 aromatic rings. The van der Waals surface area contributed by atoms with Gasteiger partial charge in [-0.05, 0) is 6.08 Å². The molecule has 0 unspecified atom stereocenters. The Morgan fingerprint density at radius 3 is 2.75 bits per heavy atom. The van der Waals surface area contributed by atoms with Gasteiger partial charge in [-0.15, -0.1) is 0 Å². The van der Waals surface area contributed by atoms with Gasteiger partial charge in [0.05, 0.1) is 6.20 Å². The van der Waals surface area contributed by atoms with E-state index < -0.39 is 10.0 Å². The van der Waals surface area contributed by atoms with Crippen LogP contribution in [0.25, 0.3) is 6.08 Å². The maximum absolute atomic E-state index is 10.5. The number of hydrogen-bond donors (Lipinski definition) is 1. The Bertz CT molecular complexity index is 391. The Morgan fingerprint density at radius 2 is 2.33 bits per heavy atom. The lowest BCUT2D eigenvalue weighted by Gasteiger charge is -1.84. The van der Waals surface area contributed by atoms with Crippen molar-refractivity contribution in [3.63, 3.8) is 0 Å². The molecule has 0 aliphatic carbocycles. The highest BCUT2D eigenvalue weighted by Gasteiger charge is 1.94. The van der Waals surface area contributed by atoms with E-state index in [-0.39, 0.29) is 0 Å². The third kappa shape index (κ3) is 2.85. The van der Waals surface area contributed by atoms with E-state index >= 15 is 0 Å². The zero-order valence-corrected chi connectivity index (χ0v) is 7.32. The highest BCUT2D eigenvalue weighted by molar-refractivity contribution is 7.92. The quantitative estimate of drug-likeness (QED) is 0.689. The van der Waals surface area contributed by atoms with Crippen LogP contribution in [0.3, 0.4) is 0 Å². The van der Waals surface area contributed by atoms with Crippen LogP contribution in [0.1, 0.15) is 5.56 Å². The summed E-state index contributed by atoms with van der Waals surface area (Å²) in [4.78, 5) is 0. The summed E-state index contributed by atoms with van der Waals surface area (Å²) in [6.45, 7) is 0. The van der Waals surface area contributed by atoms with Gasteiger partial charge in [-0.25, -0.2) is 13.6 Å². The lowest BCUT2D eigenvalue weighted by molar-refractivity contribution is 0.606. The molecule has 0 aromatic carbocycles. The van der Waals surface area contributed by atoms with E-state index in [1.807, 2.05) is 0 Å². The summed E-state index contributed by atoms with van der Waals surface area (Å²) >= 11 is 0. The van der Waals surface area contributed by atoms with E-state index in [0.29, 0.717) is 5.56 Å². The third-order valence-electron chi connectivity index (χ3n) is 1.18. The monoisotopic (exact) mass is 187 g/mol. The van der Waals surface area contributed by atoms with Crippen LogP contribution in [0.5, 0.6) is 0 Å². The molecule has 6 heteroatoms. The number of rotatable bonds is 2. The number of primary sulfonamides is 1. The van der Waals surface area contributed by atoms with Crippen molar-refractivity contribution in [3.8, 4) is 0 Å². The van der Waals surface area contributed by atoms with Crippen LogP contribution in [-0.4, -0.2) is 18.2 Å². The molecule has 1 rings (SSSR count). The smallest absolute Gasteiger partial charge is 0.231 e. The molecule has 66 valence electrons. The SMILES string of the molecule is Cn1cc(/C=C/S(N)(=O)=O)cn1. The second-order valence-electron chi connectivity index (χ2n) is 2.34. The van der Waals surface area contributed by atoms with Crippen LogP contribution < -0.4 is 5.14 Å². The molecular formula is C6H9N3O2S. The minimum Gasteiger partial charge on any atom is -0.275 e. The molecule has 0 amide bonds. The van der Waals surface area contributed by atoms with Gasteiger partial charge in [0.15, 0.2) is 0 Å². The summed E-state index contributed by atoms with van der Waals surface area (Å²) < 4.78 is 22.5. The fourth-order valence-electron chi connectivity index (χ4n) is 0.700. The van der Waals surface area contributed by atoms with Crippen molar-refractivity contribution in [2.75, 3.05) is 0 Å². The van der Waals surface area contributed by atoms with Crippen LogP contribution >= 0.6 is 0 Å². The van der Waals surface area contributed by atoms with E-state index in [1.165, 1.54) is 6.08 Å². The molecule has 0 spiro atoms. The first-order valence-electron chi connectivity index (χ1n) is 3.17. The maximum atomic E-state index is 10.5. The summed E-state index contributed by atoms with van der Waals surface area (Å²) in [5.41, 5.74) is 0.700. The zero-order valence-electron chi connectivity index (χ0n) is 6.51. The molecule has 0 aliphatic rings. The second kappa shape index (κ2) is 3.08. The lowest BCUT2D eigenvalue weighted by atomic mass is 10.4.